The summed E-state index contributed by atoms with van der Waals surface area (Å²) in [4.78, 5) is 20.1. The van der Waals surface area contributed by atoms with E-state index >= 15 is 0 Å². The second-order valence-electron chi connectivity index (χ2n) is 6.78. The van der Waals surface area contributed by atoms with Crippen LogP contribution in [0, 0.1) is 5.82 Å². The van der Waals surface area contributed by atoms with E-state index in [1.807, 2.05) is 31.2 Å². The number of ether oxygens (including phenoxy) is 1. The Morgan fingerprint density at radius 3 is 2.69 bits per heavy atom. The fraction of sp³-hybridized carbons (Fsp3) is 0.182. The lowest BCUT2D eigenvalue weighted by Gasteiger charge is -2.25. The monoisotopic (exact) mass is 409 g/mol. The topological polar surface area (TPSA) is 46.8 Å². The van der Waals surface area contributed by atoms with Crippen molar-refractivity contribution >= 4 is 22.2 Å². The molecule has 0 aliphatic rings. The van der Waals surface area contributed by atoms with Gasteiger partial charge in [0, 0.05) is 24.2 Å². The molecule has 0 spiro atoms. The highest BCUT2D eigenvalue weighted by molar-refractivity contribution is 7.15. The number of halogens is 1. The molecule has 2 aromatic carbocycles. The fourth-order valence-corrected chi connectivity index (χ4v) is 4.03. The van der Waals surface area contributed by atoms with Crippen LogP contribution in [0.2, 0.25) is 0 Å². The highest BCUT2D eigenvalue weighted by Gasteiger charge is 2.23. The van der Waals surface area contributed by atoms with Gasteiger partial charge in [0.2, 0.25) is 0 Å². The molecular weight excluding hydrogens is 389 g/mol. The molecule has 2 heterocycles. The average molecular weight is 409 g/mol. The molecule has 4 aromatic rings. The van der Waals surface area contributed by atoms with Gasteiger partial charge < -0.3 is 9.64 Å². The van der Waals surface area contributed by atoms with Crippen molar-refractivity contribution in [1.29, 1.82) is 0 Å². The molecule has 4 rings (SSSR count). The maximum atomic E-state index is 13.5. The lowest BCUT2D eigenvalue weighted by atomic mass is 10.1. The van der Waals surface area contributed by atoms with Crippen LogP contribution >= 0.6 is 11.3 Å². The second kappa shape index (κ2) is 7.67. The number of nitrogens with zero attached hydrogens (tertiary/aromatic N) is 3. The number of rotatable bonds is 5. The third kappa shape index (κ3) is 3.61. The summed E-state index contributed by atoms with van der Waals surface area (Å²) in [7, 11) is 3.41. The van der Waals surface area contributed by atoms with E-state index < -0.39 is 0 Å². The fourth-order valence-electron chi connectivity index (χ4n) is 3.19. The number of aromatic nitrogens is 2. The Kier molecular flexibility index (Phi) is 5.07. The number of fused-ring (bicyclic) bond motifs is 1. The quantitative estimate of drug-likeness (QED) is 0.464. The summed E-state index contributed by atoms with van der Waals surface area (Å²) in [5, 5.41) is 1.80. The van der Waals surface area contributed by atoms with Crippen molar-refractivity contribution in [3.05, 3.63) is 77.2 Å². The average Bonchev–Trinajstić information content (AvgIpc) is 3.33. The predicted octanol–water partition coefficient (Wildman–Crippen LogP) is 5.04. The van der Waals surface area contributed by atoms with E-state index in [1.165, 1.54) is 23.5 Å². The zero-order chi connectivity index (χ0) is 20.5. The Morgan fingerprint density at radius 2 is 2.00 bits per heavy atom. The first kappa shape index (κ1) is 19.1. The minimum atomic E-state index is -0.316. The zero-order valence-corrected chi connectivity index (χ0v) is 17.1. The van der Waals surface area contributed by atoms with Gasteiger partial charge in [-0.25, -0.2) is 9.37 Å². The number of hydrogen-bond acceptors (Lipinski definition) is 4. The van der Waals surface area contributed by atoms with Gasteiger partial charge in [0.25, 0.3) is 5.91 Å². The van der Waals surface area contributed by atoms with Crippen molar-refractivity contribution in [3.63, 3.8) is 0 Å². The highest BCUT2D eigenvalue weighted by atomic mass is 32.1. The minimum absolute atomic E-state index is 0.109. The van der Waals surface area contributed by atoms with Crippen LogP contribution in [-0.4, -0.2) is 34.3 Å². The van der Waals surface area contributed by atoms with E-state index in [4.69, 9.17) is 4.74 Å². The van der Waals surface area contributed by atoms with Crippen molar-refractivity contribution in [3.8, 4) is 17.0 Å². The van der Waals surface area contributed by atoms with Crippen LogP contribution in [-0.2, 0) is 0 Å². The van der Waals surface area contributed by atoms with Crippen LogP contribution in [0.3, 0.4) is 0 Å². The molecule has 2 aromatic heterocycles. The van der Waals surface area contributed by atoms with Gasteiger partial charge >= 0.3 is 0 Å². The van der Waals surface area contributed by atoms with Crippen LogP contribution in [0.25, 0.3) is 16.2 Å². The number of methoxy groups -OCH3 is 1. The van der Waals surface area contributed by atoms with E-state index in [9.17, 15) is 9.18 Å². The molecule has 1 unspecified atom stereocenters. The maximum Gasteiger partial charge on any atom is 0.271 e. The highest BCUT2D eigenvalue weighted by Crippen LogP contribution is 2.27. The van der Waals surface area contributed by atoms with Gasteiger partial charge in [-0.2, -0.15) is 0 Å². The van der Waals surface area contributed by atoms with E-state index in [2.05, 4.69) is 4.98 Å². The Morgan fingerprint density at radius 1 is 1.24 bits per heavy atom. The SMILES string of the molecule is COc1ccc(C(C)N(C)C(=O)c2csc3nc(-c4cccc(F)c4)cn23)cc1. The predicted molar refractivity (Wildman–Crippen MR) is 112 cm³/mol. The lowest BCUT2D eigenvalue weighted by Crippen LogP contribution is -2.30. The molecule has 0 bridgehead atoms. The molecule has 0 fully saturated rings. The van der Waals surface area contributed by atoms with Crippen LogP contribution in [0.5, 0.6) is 5.75 Å². The van der Waals surface area contributed by atoms with Crippen LogP contribution in [0.1, 0.15) is 29.0 Å². The Labute approximate surface area is 172 Å². The number of carbonyl (C=O) groups excluding carboxylic acids is 1. The third-order valence-electron chi connectivity index (χ3n) is 5.05. The Bertz CT molecular complexity index is 1170. The van der Waals surface area contributed by atoms with Crippen LogP contribution < -0.4 is 4.74 Å². The molecule has 7 heteroatoms. The van der Waals surface area contributed by atoms with Crippen LogP contribution in [0.15, 0.2) is 60.1 Å². The molecule has 0 radical (unpaired) electrons. The summed E-state index contributed by atoms with van der Waals surface area (Å²) in [5.41, 5.74) is 2.86. The third-order valence-corrected chi connectivity index (χ3v) is 5.89. The van der Waals surface area contributed by atoms with Gasteiger partial charge in [0.05, 0.1) is 18.8 Å². The number of amides is 1. The molecule has 0 aliphatic heterocycles. The molecular formula is C22H20FN3O2S. The second-order valence-corrected chi connectivity index (χ2v) is 7.61. The Balaban J connectivity index is 1.62. The number of carbonyl (C=O) groups is 1. The van der Waals surface area contributed by atoms with Gasteiger partial charge in [-0.05, 0) is 36.8 Å². The molecule has 1 amide bonds. The summed E-state index contributed by atoms with van der Waals surface area (Å²) < 4.78 is 20.5. The molecule has 29 heavy (non-hydrogen) atoms. The summed E-state index contributed by atoms with van der Waals surface area (Å²) >= 11 is 1.39. The zero-order valence-electron chi connectivity index (χ0n) is 16.3. The largest absolute Gasteiger partial charge is 0.497 e. The van der Waals surface area contributed by atoms with Crippen molar-refractivity contribution in [1.82, 2.24) is 14.3 Å². The van der Waals surface area contributed by atoms with Crippen molar-refractivity contribution in [2.75, 3.05) is 14.2 Å². The van der Waals surface area contributed by atoms with Crippen molar-refractivity contribution in [2.24, 2.45) is 0 Å². The normalized spacial score (nSPS) is 12.1. The number of benzene rings is 2. The number of hydrogen-bond donors (Lipinski definition) is 0. The number of thiazole rings is 1. The summed E-state index contributed by atoms with van der Waals surface area (Å²) in [6.45, 7) is 1.98. The lowest BCUT2D eigenvalue weighted by molar-refractivity contribution is 0.0736. The van der Waals surface area contributed by atoms with Crippen molar-refractivity contribution in [2.45, 2.75) is 13.0 Å². The van der Waals surface area contributed by atoms with E-state index in [-0.39, 0.29) is 17.8 Å². The molecule has 1 atom stereocenters. The minimum Gasteiger partial charge on any atom is -0.497 e. The molecule has 0 saturated carbocycles. The standard InChI is InChI=1S/C22H20FN3O2S/c1-14(15-7-9-18(28-3)10-8-15)25(2)21(27)20-13-29-22-24-19(12-26(20)22)16-5-4-6-17(23)11-16/h4-14H,1-3H3. The van der Waals surface area contributed by atoms with E-state index in [0.29, 0.717) is 21.9 Å². The Hall–Kier alpha value is -3.19. The van der Waals surface area contributed by atoms with Crippen LogP contribution in [0.4, 0.5) is 4.39 Å². The molecule has 0 aliphatic carbocycles. The van der Waals surface area contributed by atoms with Gasteiger partial charge in [-0.15, -0.1) is 11.3 Å². The summed E-state index contributed by atoms with van der Waals surface area (Å²) in [6, 6.07) is 13.8. The van der Waals surface area contributed by atoms with E-state index in [1.54, 1.807) is 47.2 Å². The van der Waals surface area contributed by atoms with Crippen molar-refractivity contribution < 1.29 is 13.9 Å². The van der Waals surface area contributed by atoms with E-state index in [0.717, 1.165) is 11.3 Å². The molecule has 148 valence electrons. The van der Waals surface area contributed by atoms with Gasteiger partial charge in [0.1, 0.15) is 17.3 Å². The van der Waals surface area contributed by atoms with Gasteiger partial charge in [0.15, 0.2) is 4.96 Å². The first-order valence-corrected chi connectivity index (χ1v) is 9.99. The number of imidazole rings is 1. The molecule has 5 nitrogen and oxygen atoms in total. The molecule has 0 N–H and O–H groups in total. The summed E-state index contributed by atoms with van der Waals surface area (Å²) in [6.07, 6.45) is 1.78. The first-order valence-electron chi connectivity index (χ1n) is 9.11. The van der Waals surface area contributed by atoms with Gasteiger partial charge in [-0.3, -0.25) is 9.20 Å². The maximum absolute atomic E-state index is 13.5. The van der Waals surface area contributed by atoms with Gasteiger partial charge in [-0.1, -0.05) is 24.3 Å². The smallest absolute Gasteiger partial charge is 0.271 e. The first-order chi connectivity index (χ1) is 14.0. The summed E-state index contributed by atoms with van der Waals surface area (Å²) in [5.74, 6) is 0.351. The molecule has 0 saturated heterocycles.